The minimum atomic E-state index is 0.0104. The summed E-state index contributed by atoms with van der Waals surface area (Å²) < 4.78 is 5.17. The maximum Gasteiger partial charge on any atom is 0.192 e. The molecule has 1 aromatic heterocycles. The van der Waals surface area contributed by atoms with Gasteiger partial charge in [-0.25, -0.2) is 0 Å². The normalized spacial score (nSPS) is 10.4. The van der Waals surface area contributed by atoms with E-state index in [9.17, 15) is 4.79 Å². The smallest absolute Gasteiger partial charge is 0.192 e. The molecule has 0 amide bonds. The Kier molecular flexibility index (Phi) is 1.47. The van der Waals surface area contributed by atoms with Crippen LogP contribution in [0.15, 0.2) is 39.7 Å². The number of hydrogen-bond donors (Lipinski definition) is 0. The Morgan fingerprint density at radius 2 is 2.08 bits per heavy atom. The summed E-state index contributed by atoms with van der Waals surface area (Å²) in [5, 5.41) is 0.642. The molecule has 2 rings (SSSR count). The van der Waals surface area contributed by atoms with Crippen molar-refractivity contribution in [3.8, 4) is 0 Å². The average molecular weight is 160 g/mol. The Morgan fingerprint density at radius 1 is 1.25 bits per heavy atom. The summed E-state index contributed by atoms with van der Waals surface area (Å²) in [6.07, 6.45) is 1.42. The van der Waals surface area contributed by atoms with Crippen LogP contribution in [0.1, 0.15) is 5.56 Å². The van der Waals surface area contributed by atoms with Crippen molar-refractivity contribution in [2.45, 2.75) is 6.92 Å². The highest BCUT2D eigenvalue weighted by atomic mass is 16.3. The van der Waals surface area contributed by atoms with Crippen LogP contribution < -0.4 is 5.43 Å². The summed E-state index contributed by atoms with van der Waals surface area (Å²) in [6, 6.07) is 6.98. The lowest BCUT2D eigenvalue weighted by atomic mass is 10.2. The van der Waals surface area contributed by atoms with Crippen LogP contribution in [0.5, 0.6) is 0 Å². The second-order valence-corrected chi connectivity index (χ2v) is 2.78. The lowest BCUT2D eigenvalue weighted by Gasteiger charge is -1.95. The number of fused-ring (bicyclic) bond motifs is 1. The fraction of sp³-hybridized carbons (Fsp3) is 0.100. The molecule has 12 heavy (non-hydrogen) atoms. The van der Waals surface area contributed by atoms with Crippen LogP contribution >= 0.6 is 0 Å². The van der Waals surface area contributed by atoms with Gasteiger partial charge in [0.2, 0.25) is 0 Å². The molecule has 0 aliphatic rings. The molecule has 0 spiro atoms. The summed E-state index contributed by atoms with van der Waals surface area (Å²) in [5.74, 6) is 0. The first-order chi connectivity index (χ1) is 5.77. The van der Waals surface area contributed by atoms with Crippen molar-refractivity contribution in [1.82, 2.24) is 0 Å². The van der Waals surface area contributed by atoms with Gasteiger partial charge < -0.3 is 4.42 Å². The summed E-state index contributed by atoms with van der Waals surface area (Å²) in [7, 11) is 0. The Balaban J connectivity index is 2.96. The molecule has 0 saturated heterocycles. The summed E-state index contributed by atoms with van der Waals surface area (Å²) in [5.41, 5.74) is 1.76. The van der Waals surface area contributed by atoms with E-state index in [0.717, 1.165) is 5.56 Å². The molecule has 1 aromatic carbocycles. The number of aryl methyl sites for hydroxylation is 1. The zero-order chi connectivity index (χ0) is 8.55. The predicted octanol–water partition coefficient (Wildman–Crippen LogP) is 2.10. The molecular weight excluding hydrogens is 152 g/mol. The Hall–Kier alpha value is -1.57. The topological polar surface area (TPSA) is 30.2 Å². The van der Waals surface area contributed by atoms with Gasteiger partial charge >= 0.3 is 0 Å². The Morgan fingerprint density at radius 3 is 2.92 bits per heavy atom. The standard InChI is InChI=1S/C10H8O2/c1-7-2-3-8-9(11)4-5-12-10(8)6-7/h2-6H,1H3. The van der Waals surface area contributed by atoms with Crippen LogP contribution in [-0.4, -0.2) is 0 Å². The number of hydrogen-bond acceptors (Lipinski definition) is 2. The first-order valence-electron chi connectivity index (χ1n) is 3.75. The van der Waals surface area contributed by atoms with E-state index in [2.05, 4.69) is 0 Å². The van der Waals surface area contributed by atoms with Gasteiger partial charge in [0.1, 0.15) is 5.58 Å². The molecule has 60 valence electrons. The van der Waals surface area contributed by atoms with Crippen LogP contribution in [0.3, 0.4) is 0 Å². The van der Waals surface area contributed by atoms with E-state index < -0.39 is 0 Å². The molecule has 0 bridgehead atoms. The van der Waals surface area contributed by atoms with Gasteiger partial charge in [0.15, 0.2) is 5.43 Å². The molecule has 1 heterocycles. The zero-order valence-electron chi connectivity index (χ0n) is 6.70. The van der Waals surface area contributed by atoms with E-state index in [0.29, 0.717) is 11.0 Å². The van der Waals surface area contributed by atoms with Crippen molar-refractivity contribution in [3.63, 3.8) is 0 Å². The van der Waals surface area contributed by atoms with Crippen LogP contribution in [0, 0.1) is 6.92 Å². The summed E-state index contributed by atoms with van der Waals surface area (Å²) in [6.45, 7) is 1.96. The van der Waals surface area contributed by atoms with Gasteiger partial charge in [0.05, 0.1) is 11.6 Å². The van der Waals surface area contributed by atoms with Crippen molar-refractivity contribution < 1.29 is 4.42 Å². The molecule has 0 unspecified atom stereocenters. The Labute approximate surface area is 69.4 Å². The van der Waals surface area contributed by atoms with Crippen LogP contribution in [0.4, 0.5) is 0 Å². The summed E-state index contributed by atoms with van der Waals surface area (Å²) in [4.78, 5) is 11.2. The van der Waals surface area contributed by atoms with E-state index in [1.165, 1.54) is 12.3 Å². The third-order valence-electron chi connectivity index (χ3n) is 1.82. The fourth-order valence-electron chi connectivity index (χ4n) is 1.19. The highest BCUT2D eigenvalue weighted by molar-refractivity contribution is 5.76. The molecule has 2 heteroatoms. The van der Waals surface area contributed by atoms with Gasteiger partial charge in [0.25, 0.3) is 0 Å². The largest absolute Gasteiger partial charge is 0.464 e. The maximum atomic E-state index is 11.2. The Bertz CT molecular complexity index is 468. The van der Waals surface area contributed by atoms with Crippen molar-refractivity contribution in [1.29, 1.82) is 0 Å². The first kappa shape index (κ1) is 7.10. The van der Waals surface area contributed by atoms with Crippen LogP contribution in [0.2, 0.25) is 0 Å². The number of rotatable bonds is 0. The molecule has 0 saturated carbocycles. The molecule has 0 aliphatic carbocycles. The minimum Gasteiger partial charge on any atom is -0.464 e. The van der Waals surface area contributed by atoms with Gasteiger partial charge in [0, 0.05) is 6.07 Å². The van der Waals surface area contributed by atoms with Gasteiger partial charge in [-0.2, -0.15) is 0 Å². The lowest BCUT2D eigenvalue weighted by molar-refractivity contribution is 0.602. The van der Waals surface area contributed by atoms with E-state index in [-0.39, 0.29) is 5.43 Å². The van der Waals surface area contributed by atoms with Crippen molar-refractivity contribution in [3.05, 3.63) is 46.3 Å². The van der Waals surface area contributed by atoms with Gasteiger partial charge in [-0.05, 0) is 24.6 Å². The monoisotopic (exact) mass is 160 g/mol. The van der Waals surface area contributed by atoms with Crippen LogP contribution in [-0.2, 0) is 0 Å². The van der Waals surface area contributed by atoms with E-state index in [1.807, 2.05) is 19.1 Å². The zero-order valence-corrected chi connectivity index (χ0v) is 6.70. The molecule has 2 nitrogen and oxygen atoms in total. The highest BCUT2D eigenvalue weighted by Gasteiger charge is 1.97. The third-order valence-corrected chi connectivity index (χ3v) is 1.82. The van der Waals surface area contributed by atoms with E-state index in [4.69, 9.17) is 4.42 Å². The van der Waals surface area contributed by atoms with Crippen molar-refractivity contribution in [2.75, 3.05) is 0 Å². The second-order valence-electron chi connectivity index (χ2n) is 2.78. The van der Waals surface area contributed by atoms with Crippen molar-refractivity contribution >= 4 is 11.0 Å². The molecule has 0 atom stereocenters. The van der Waals surface area contributed by atoms with Crippen molar-refractivity contribution in [2.24, 2.45) is 0 Å². The SMILES string of the molecule is Cc1ccc2c(=O)ccoc2c1. The number of benzene rings is 1. The van der Waals surface area contributed by atoms with Gasteiger partial charge in [-0.1, -0.05) is 6.07 Å². The van der Waals surface area contributed by atoms with Gasteiger partial charge in [-0.15, -0.1) is 0 Å². The van der Waals surface area contributed by atoms with E-state index in [1.54, 1.807) is 6.07 Å². The minimum absolute atomic E-state index is 0.0104. The molecule has 2 aromatic rings. The molecule has 0 aliphatic heterocycles. The molecule has 0 N–H and O–H groups in total. The highest BCUT2D eigenvalue weighted by Crippen LogP contribution is 2.10. The first-order valence-corrected chi connectivity index (χ1v) is 3.75. The van der Waals surface area contributed by atoms with E-state index >= 15 is 0 Å². The quantitative estimate of drug-likeness (QED) is 0.590. The third kappa shape index (κ3) is 1.01. The summed E-state index contributed by atoms with van der Waals surface area (Å²) >= 11 is 0. The molecule has 0 radical (unpaired) electrons. The fourth-order valence-corrected chi connectivity index (χ4v) is 1.19. The second kappa shape index (κ2) is 2.48. The predicted molar refractivity (Wildman–Crippen MR) is 47.2 cm³/mol. The maximum absolute atomic E-state index is 11.2. The molecule has 0 fully saturated rings. The van der Waals surface area contributed by atoms with Gasteiger partial charge in [-0.3, -0.25) is 4.79 Å². The van der Waals surface area contributed by atoms with Crippen LogP contribution in [0.25, 0.3) is 11.0 Å². The lowest BCUT2D eigenvalue weighted by Crippen LogP contribution is -1.97. The average Bonchev–Trinajstić information content (AvgIpc) is 2.04. The molecular formula is C10H8O2.